The molecule has 0 bridgehead atoms. The Hall–Kier alpha value is -1.73. The van der Waals surface area contributed by atoms with E-state index in [0.29, 0.717) is 15.9 Å². The Balaban J connectivity index is 1.97. The summed E-state index contributed by atoms with van der Waals surface area (Å²) in [6.07, 6.45) is 1.70. The fraction of sp³-hybridized carbons (Fsp3) is 0.357. The van der Waals surface area contributed by atoms with Crippen molar-refractivity contribution in [2.75, 3.05) is 11.2 Å². The van der Waals surface area contributed by atoms with E-state index in [9.17, 15) is 4.79 Å². The van der Waals surface area contributed by atoms with Gasteiger partial charge in [0.2, 0.25) is 11.1 Å². The van der Waals surface area contributed by atoms with Crippen molar-refractivity contribution >= 4 is 35.0 Å². The minimum Gasteiger partial charge on any atom is -0.336 e. The molecule has 1 aromatic carbocycles. The molecule has 3 N–H and O–H groups in total. The topological polar surface area (TPSA) is 85.8 Å². The lowest BCUT2D eigenvalue weighted by Crippen LogP contribution is -2.23. The van der Waals surface area contributed by atoms with Crippen LogP contribution >= 0.6 is 23.4 Å². The average molecular weight is 340 g/mol. The van der Waals surface area contributed by atoms with Crippen LogP contribution in [0.2, 0.25) is 5.02 Å². The first-order valence-corrected chi connectivity index (χ1v) is 8.19. The van der Waals surface area contributed by atoms with Crippen molar-refractivity contribution in [2.24, 2.45) is 0 Å². The molecule has 0 unspecified atom stereocenters. The van der Waals surface area contributed by atoms with Crippen LogP contribution in [0.4, 0.5) is 5.69 Å². The molecule has 118 valence electrons. The Kier molecular flexibility index (Phi) is 5.68. The lowest BCUT2D eigenvalue weighted by atomic mass is 10.3. The highest BCUT2D eigenvalue weighted by atomic mass is 35.5. The van der Waals surface area contributed by atoms with E-state index in [-0.39, 0.29) is 11.2 Å². The zero-order valence-electron chi connectivity index (χ0n) is 12.4. The van der Waals surface area contributed by atoms with Crippen molar-refractivity contribution < 1.29 is 4.79 Å². The summed E-state index contributed by atoms with van der Waals surface area (Å²) >= 11 is 7.09. The second kappa shape index (κ2) is 7.51. The maximum atomic E-state index is 12.2. The number of carbonyl (C=O) groups excluding carboxylic acids is 1. The second-order valence-electron chi connectivity index (χ2n) is 4.78. The van der Waals surface area contributed by atoms with Crippen LogP contribution in [-0.2, 0) is 11.2 Å². The number of thioether (sulfide) groups is 1. The second-order valence-corrected chi connectivity index (χ2v) is 6.52. The number of halogens is 1. The summed E-state index contributed by atoms with van der Waals surface area (Å²) in [7, 11) is 0. The quantitative estimate of drug-likeness (QED) is 0.624. The fourth-order valence-corrected chi connectivity index (χ4v) is 2.69. The molecule has 0 spiro atoms. The molecule has 0 saturated carbocycles. The first-order chi connectivity index (χ1) is 10.5. The van der Waals surface area contributed by atoms with Gasteiger partial charge in [0.1, 0.15) is 0 Å². The summed E-state index contributed by atoms with van der Waals surface area (Å²) in [4.78, 5) is 12.2. The smallest absolute Gasteiger partial charge is 0.237 e. The molecular weight excluding hydrogens is 322 g/mol. The highest BCUT2D eigenvalue weighted by Crippen LogP contribution is 2.22. The van der Waals surface area contributed by atoms with Crippen molar-refractivity contribution in [2.45, 2.75) is 37.1 Å². The Morgan fingerprint density at radius 3 is 2.73 bits per heavy atom. The summed E-state index contributed by atoms with van der Waals surface area (Å²) in [5, 5.41) is 11.7. The van der Waals surface area contributed by atoms with Crippen LogP contribution < -0.4 is 11.2 Å². The minimum absolute atomic E-state index is 0.132. The number of nitrogens with zero attached hydrogens (tertiary/aromatic N) is 3. The molecular formula is C14H18ClN5OS. The molecule has 2 rings (SSSR count). The van der Waals surface area contributed by atoms with Crippen LogP contribution in [0.1, 0.15) is 26.1 Å². The van der Waals surface area contributed by atoms with Gasteiger partial charge in [0.15, 0.2) is 5.82 Å². The molecule has 0 fully saturated rings. The maximum Gasteiger partial charge on any atom is 0.237 e. The van der Waals surface area contributed by atoms with E-state index >= 15 is 0 Å². The number of hydrogen-bond donors (Lipinski definition) is 2. The molecule has 1 atom stereocenters. The molecule has 22 heavy (non-hydrogen) atoms. The Morgan fingerprint density at radius 2 is 2.09 bits per heavy atom. The first-order valence-electron chi connectivity index (χ1n) is 6.93. The van der Waals surface area contributed by atoms with Gasteiger partial charge in [-0.3, -0.25) is 4.79 Å². The maximum absolute atomic E-state index is 12.2. The van der Waals surface area contributed by atoms with Gasteiger partial charge in [-0.15, -0.1) is 10.2 Å². The van der Waals surface area contributed by atoms with E-state index in [1.165, 1.54) is 16.4 Å². The van der Waals surface area contributed by atoms with E-state index in [1.54, 1.807) is 31.2 Å². The molecule has 1 amide bonds. The third-order valence-electron chi connectivity index (χ3n) is 2.97. The van der Waals surface area contributed by atoms with Gasteiger partial charge in [-0.2, -0.15) is 0 Å². The molecule has 2 aromatic rings. The number of carbonyl (C=O) groups is 1. The number of hydrogen-bond acceptors (Lipinski definition) is 5. The van der Waals surface area contributed by atoms with Crippen molar-refractivity contribution in [1.82, 2.24) is 14.9 Å². The van der Waals surface area contributed by atoms with Crippen LogP contribution in [0.15, 0.2) is 29.4 Å². The SMILES string of the molecule is CCCc1nnc(S[C@H](C)C(=O)Nc2ccc(Cl)cc2)n1N. The molecule has 0 aliphatic rings. The van der Waals surface area contributed by atoms with E-state index < -0.39 is 0 Å². The van der Waals surface area contributed by atoms with Crippen molar-refractivity contribution in [3.8, 4) is 0 Å². The first kappa shape index (κ1) is 16.6. The van der Waals surface area contributed by atoms with Gasteiger partial charge in [0, 0.05) is 17.1 Å². The van der Waals surface area contributed by atoms with Crippen molar-refractivity contribution in [3.63, 3.8) is 0 Å². The third-order valence-corrected chi connectivity index (χ3v) is 4.28. The molecule has 0 radical (unpaired) electrons. The monoisotopic (exact) mass is 339 g/mol. The Bertz CT molecular complexity index is 643. The fourth-order valence-electron chi connectivity index (χ4n) is 1.77. The lowest BCUT2D eigenvalue weighted by molar-refractivity contribution is -0.115. The zero-order valence-corrected chi connectivity index (χ0v) is 14.0. The summed E-state index contributed by atoms with van der Waals surface area (Å²) < 4.78 is 1.44. The number of nitrogen functional groups attached to an aromatic ring is 1. The highest BCUT2D eigenvalue weighted by molar-refractivity contribution is 8.00. The van der Waals surface area contributed by atoms with Gasteiger partial charge in [0.05, 0.1) is 5.25 Å². The van der Waals surface area contributed by atoms with Gasteiger partial charge in [0.25, 0.3) is 0 Å². The minimum atomic E-state index is -0.350. The van der Waals surface area contributed by atoms with Crippen LogP contribution in [0.5, 0.6) is 0 Å². The predicted molar refractivity (Wildman–Crippen MR) is 89.6 cm³/mol. The van der Waals surface area contributed by atoms with E-state index in [0.717, 1.165) is 18.7 Å². The Morgan fingerprint density at radius 1 is 1.41 bits per heavy atom. The van der Waals surface area contributed by atoms with E-state index in [1.807, 2.05) is 6.92 Å². The number of nitrogens with two attached hydrogens (primary N) is 1. The average Bonchev–Trinajstić information content (AvgIpc) is 2.83. The molecule has 0 saturated heterocycles. The van der Waals surface area contributed by atoms with Gasteiger partial charge >= 0.3 is 0 Å². The molecule has 1 aromatic heterocycles. The number of amides is 1. The molecule has 8 heteroatoms. The number of nitrogens with one attached hydrogen (secondary N) is 1. The van der Waals surface area contributed by atoms with Gasteiger partial charge in [-0.05, 0) is 37.6 Å². The van der Waals surface area contributed by atoms with Gasteiger partial charge < -0.3 is 11.2 Å². The summed E-state index contributed by atoms with van der Waals surface area (Å²) in [6, 6.07) is 6.95. The predicted octanol–water partition coefficient (Wildman–Crippen LogP) is 2.72. The number of benzene rings is 1. The third kappa shape index (κ3) is 4.14. The largest absolute Gasteiger partial charge is 0.336 e. The van der Waals surface area contributed by atoms with Crippen LogP contribution in [0.3, 0.4) is 0 Å². The highest BCUT2D eigenvalue weighted by Gasteiger charge is 2.19. The zero-order chi connectivity index (χ0) is 16.1. The number of aryl methyl sites for hydroxylation is 1. The lowest BCUT2D eigenvalue weighted by Gasteiger charge is -2.11. The standard InChI is InChI=1S/C14H18ClN5OS/c1-3-4-12-18-19-14(20(12)16)22-9(2)13(21)17-11-7-5-10(15)6-8-11/h5-9H,3-4,16H2,1-2H3,(H,17,21)/t9-/m1/s1. The molecule has 0 aliphatic heterocycles. The van der Waals surface area contributed by atoms with Gasteiger partial charge in [-0.25, -0.2) is 4.68 Å². The van der Waals surface area contributed by atoms with E-state index in [4.69, 9.17) is 17.4 Å². The number of anilines is 1. The molecule has 6 nitrogen and oxygen atoms in total. The van der Waals surface area contributed by atoms with E-state index in [2.05, 4.69) is 15.5 Å². The summed E-state index contributed by atoms with van der Waals surface area (Å²) in [5.41, 5.74) is 0.697. The summed E-state index contributed by atoms with van der Waals surface area (Å²) in [5.74, 6) is 6.52. The van der Waals surface area contributed by atoms with Crippen LogP contribution in [0.25, 0.3) is 0 Å². The normalized spacial score (nSPS) is 12.1. The molecule has 0 aliphatic carbocycles. The van der Waals surface area contributed by atoms with Crippen LogP contribution in [0, 0.1) is 0 Å². The van der Waals surface area contributed by atoms with Crippen molar-refractivity contribution in [3.05, 3.63) is 35.1 Å². The van der Waals surface area contributed by atoms with Crippen LogP contribution in [-0.4, -0.2) is 26.0 Å². The Labute approximate surface area is 138 Å². The van der Waals surface area contributed by atoms with Crippen molar-refractivity contribution in [1.29, 1.82) is 0 Å². The summed E-state index contributed by atoms with van der Waals surface area (Å²) in [6.45, 7) is 3.84. The number of rotatable bonds is 6. The van der Waals surface area contributed by atoms with Gasteiger partial charge in [-0.1, -0.05) is 30.3 Å². The number of aromatic nitrogens is 3. The molecule has 1 heterocycles.